The number of hydrogen-bond donors (Lipinski definition) is 1. The van der Waals surface area contributed by atoms with Gasteiger partial charge in [0.05, 0.1) is 16.3 Å². The highest BCUT2D eigenvalue weighted by atomic mass is 32.2. The Hall–Kier alpha value is -2.64. The molecule has 0 bridgehead atoms. The van der Waals surface area contributed by atoms with Crippen LogP contribution in [-0.4, -0.2) is 23.0 Å². The van der Waals surface area contributed by atoms with Gasteiger partial charge >= 0.3 is 5.97 Å². The van der Waals surface area contributed by atoms with Crippen LogP contribution in [0.25, 0.3) is 0 Å². The van der Waals surface area contributed by atoms with Gasteiger partial charge in [-0.05, 0) is 50.2 Å². The zero-order valence-electron chi connectivity index (χ0n) is 15.5. The van der Waals surface area contributed by atoms with E-state index in [0.717, 1.165) is 21.3 Å². The maximum Gasteiger partial charge on any atom is 0.338 e. The lowest BCUT2D eigenvalue weighted by atomic mass is 10.2. The number of hydrogen-bond acceptors (Lipinski definition) is 6. The number of esters is 1. The van der Waals surface area contributed by atoms with Crippen molar-refractivity contribution in [1.29, 1.82) is 0 Å². The average molecular weight is 413 g/mol. The number of rotatable bonds is 7. The van der Waals surface area contributed by atoms with Crippen LogP contribution in [0.3, 0.4) is 0 Å². The van der Waals surface area contributed by atoms with E-state index in [-0.39, 0.29) is 5.91 Å². The summed E-state index contributed by atoms with van der Waals surface area (Å²) >= 11 is 3.29. The van der Waals surface area contributed by atoms with Crippen molar-refractivity contribution in [3.63, 3.8) is 0 Å². The lowest BCUT2D eigenvalue weighted by Gasteiger charge is -2.13. The molecule has 1 amide bonds. The first kappa shape index (κ1) is 20.1. The van der Waals surface area contributed by atoms with Gasteiger partial charge in [0.15, 0.2) is 6.10 Å². The Kier molecular flexibility index (Phi) is 6.84. The van der Waals surface area contributed by atoms with Gasteiger partial charge in [-0.2, -0.15) is 0 Å². The number of amides is 1. The lowest BCUT2D eigenvalue weighted by Crippen LogP contribution is -2.29. The molecule has 7 heteroatoms. The van der Waals surface area contributed by atoms with E-state index in [9.17, 15) is 9.59 Å². The highest BCUT2D eigenvalue weighted by Gasteiger charge is 2.19. The molecule has 5 nitrogen and oxygen atoms in total. The Morgan fingerprint density at radius 2 is 1.86 bits per heavy atom. The SMILES string of the molecule is Cc1nc(CSc2ccc(C(=O)OC(C)C(=O)Nc3ccccc3)cc2)cs1. The smallest absolute Gasteiger partial charge is 0.338 e. The molecular formula is C21H20N2O3S2. The van der Waals surface area contributed by atoms with Crippen molar-refractivity contribution in [3.05, 3.63) is 76.2 Å². The van der Waals surface area contributed by atoms with E-state index in [1.807, 2.05) is 37.3 Å². The summed E-state index contributed by atoms with van der Waals surface area (Å²) in [6.45, 7) is 3.54. The third kappa shape index (κ3) is 5.68. The van der Waals surface area contributed by atoms with Crippen LogP contribution in [0.15, 0.2) is 64.9 Å². The van der Waals surface area contributed by atoms with Crippen LogP contribution in [0.5, 0.6) is 0 Å². The van der Waals surface area contributed by atoms with Crippen LogP contribution in [-0.2, 0) is 15.3 Å². The molecule has 0 fully saturated rings. The standard InChI is InChI=1S/C21H20N2O3S2/c1-14(20(24)23-17-6-4-3-5-7-17)26-21(25)16-8-10-19(11-9-16)28-13-18-12-27-15(2)22-18/h3-12,14H,13H2,1-2H3,(H,23,24). The minimum Gasteiger partial charge on any atom is -0.449 e. The second-order valence-corrected chi connectivity index (χ2v) is 8.18. The molecule has 3 aromatic rings. The third-order valence-corrected chi connectivity index (χ3v) is 5.71. The molecule has 1 heterocycles. The molecular weight excluding hydrogens is 392 g/mol. The summed E-state index contributed by atoms with van der Waals surface area (Å²) in [6.07, 6.45) is -0.894. The van der Waals surface area contributed by atoms with Gasteiger partial charge in [-0.1, -0.05) is 18.2 Å². The Bertz CT molecular complexity index is 940. The summed E-state index contributed by atoms with van der Waals surface area (Å²) in [4.78, 5) is 29.9. The van der Waals surface area contributed by atoms with E-state index in [4.69, 9.17) is 4.74 Å². The third-order valence-electron chi connectivity index (χ3n) is 3.84. The van der Waals surface area contributed by atoms with Gasteiger partial charge in [0.2, 0.25) is 0 Å². The molecule has 144 valence electrons. The molecule has 0 aliphatic carbocycles. The number of thioether (sulfide) groups is 1. The number of ether oxygens (including phenoxy) is 1. The first-order valence-corrected chi connectivity index (χ1v) is 10.6. The van der Waals surface area contributed by atoms with Gasteiger partial charge in [-0.15, -0.1) is 23.1 Å². The largest absolute Gasteiger partial charge is 0.449 e. The summed E-state index contributed by atoms with van der Waals surface area (Å²) in [6, 6.07) is 16.2. The summed E-state index contributed by atoms with van der Waals surface area (Å²) in [5.74, 6) is -0.113. The monoisotopic (exact) mass is 412 g/mol. The second kappa shape index (κ2) is 9.52. The average Bonchev–Trinajstić information content (AvgIpc) is 3.12. The maximum atomic E-state index is 12.3. The van der Waals surface area contributed by atoms with Crippen molar-refractivity contribution in [1.82, 2.24) is 4.98 Å². The fourth-order valence-corrected chi connectivity index (χ4v) is 3.88. The van der Waals surface area contributed by atoms with Crippen LogP contribution >= 0.6 is 23.1 Å². The molecule has 1 unspecified atom stereocenters. The summed E-state index contributed by atoms with van der Waals surface area (Å²) in [5, 5.41) is 5.82. The molecule has 0 spiro atoms. The quantitative estimate of drug-likeness (QED) is 0.440. The van der Waals surface area contributed by atoms with E-state index >= 15 is 0 Å². The van der Waals surface area contributed by atoms with Crippen molar-refractivity contribution in [2.24, 2.45) is 0 Å². The second-order valence-electron chi connectivity index (χ2n) is 6.07. The zero-order valence-corrected chi connectivity index (χ0v) is 17.2. The molecule has 0 saturated heterocycles. The molecule has 1 aromatic heterocycles. The Labute approximate surface area is 172 Å². The van der Waals surface area contributed by atoms with Crippen LogP contribution in [0, 0.1) is 6.92 Å². The maximum absolute atomic E-state index is 12.3. The Morgan fingerprint density at radius 3 is 2.50 bits per heavy atom. The van der Waals surface area contributed by atoms with E-state index in [1.54, 1.807) is 54.3 Å². The molecule has 28 heavy (non-hydrogen) atoms. The lowest BCUT2D eigenvalue weighted by molar-refractivity contribution is -0.123. The van der Waals surface area contributed by atoms with E-state index in [1.165, 1.54) is 0 Å². The van der Waals surface area contributed by atoms with E-state index in [0.29, 0.717) is 11.3 Å². The highest BCUT2D eigenvalue weighted by Crippen LogP contribution is 2.24. The molecule has 0 aliphatic heterocycles. The number of anilines is 1. The minimum atomic E-state index is -0.894. The van der Waals surface area contributed by atoms with E-state index < -0.39 is 12.1 Å². The first-order chi connectivity index (χ1) is 13.5. The van der Waals surface area contributed by atoms with Gasteiger partial charge in [0.25, 0.3) is 5.91 Å². The first-order valence-electron chi connectivity index (χ1n) is 8.72. The Balaban J connectivity index is 1.51. The van der Waals surface area contributed by atoms with Crippen molar-refractivity contribution >= 4 is 40.7 Å². The number of aromatic nitrogens is 1. The number of thiazole rings is 1. The van der Waals surface area contributed by atoms with Crippen LogP contribution in [0.1, 0.15) is 28.0 Å². The number of para-hydroxylation sites is 1. The number of aryl methyl sites for hydroxylation is 1. The predicted molar refractivity (Wildman–Crippen MR) is 113 cm³/mol. The van der Waals surface area contributed by atoms with Gasteiger partial charge < -0.3 is 10.1 Å². The molecule has 3 rings (SSSR count). The fourth-order valence-electron chi connectivity index (χ4n) is 2.37. The fraction of sp³-hybridized carbons (Fsp3) is 0.190. The number of benzene rings is 2. The van der Waals surface area contributed by atoms with Gasteiger partial charge in [0, 0.05) is 21.7 Å². The number of nitrogens with zero attached hydrogens (tertiary/aromatic N) is 1. The van der Waals surface area contributed by atoms with Gasteiger partial charge in [-0.25, -0.2) is 9.78 Å². The van der Waals surface area contributed by atoms with Crippen molar-refractivity contribution in [2.45, 2.75) is 30.6 Å². The molecule has 0 radical (unpaired) electrons. The number of carbonyl (C=O) groups is 2. The van der Waals surface area contributed by atoms with E-state index in [2.05, 4.69) is 15.7 Å². The summed E-state index contributed by atoms with van der Waals surface area (Å²) < 4.78 is 5.28. The van der Waals surface area contributed by atoms with Crippen LogP contribution in [0.4, 0.5) is 5.69 Å². The molecule has 1 N–H and O–H groups in total. The number of nitrogens with one attached hydrogen (secondary N) is 1. The van der Waals surface area contributed by atoms with Crippen LogP contribution in [0.2, 0.25) is 0 Å². The van der Waals surface area contributed by atoms with Crippen molar-refractivity contribution in [3.8, 4) is 0 Å². The normalized spacial score (nSPS) is 11.6. The van der Waals surface area contributed by atoms with Gasteiger partial charge in [0.1, 0.15) is 0 Å². The topological polar surface area (TPSA) is 68.3 Å². The zero-order chi connectivity index (χ0) is 19.9. The minimum absolute atomic E-state index is 0.370. The molecule has 0 saturated carbocycles. The van der Waals surface area contributed by atoms with Crippen LogP contribution < -0.4 is 5.32 Å². The number of carbonyl (C=O) groups excluding carboxylic acids is 2. The molecule has 0 aliphatic rings. The Morgan fingerprint density at radius 1 is 1.14 bits per heavy atom. The van der Waals surface area contributed by atoms with Crippen molar-refractivity contribution < 1.29 is 14.3 Å². The highest BCUT2D eigenvalue weighted by molar-refractivity contribution is 7.98. The molecule has 2 aromatic carbocycles. The molecule has 1 atom stereocenters. The van der Waals surface area contributed by atoms with Gasteiger partial charge in [-0.3, -0.25) is 4.79 Å². The van der Waals surface area contributed by atoms with Crippen molar-refractivity contribution in [2.75, 3.05) is 5.32 Å². The summed E-state index contributed by atoms with van der Waals surface area (Å²) in [5.41, 5.74) is 2.12. The summed E-state index contributed by atoms with van der Waals surface area (Å²) in [7, 11) is 0. The predicted octanol–water partition coefficient (Wildman–Crippen LogP) is 4.93.